The molecular formula is C13H14N6O3S2. The second kappa shape index (κ2) is 6.63. The number of sulfonamides is 1. The molecule has 0 unspecified atom stereocenters. The van der Waals surface area contributed by atoms with Crippen LogP contribution in [0.25, 0.3) is 5.82 Å². The number of aromatic nitrogens is 5. The quantitative estimate of drug-likeness (QED) is 0.666. The number of hydrogen-bond acceptors (Lipinski definition) is 7. The van der Waals surface area contributed by atoms with E-state index in [0.717, 1.165) is 4.88 Å². The van der Waals surface area contributed by atoms with Crippen LogP contribution in [-0.2, 0) is 16.6 Å². The molecule has 1 N–H and O–H groups in total. The summed E-state index contributed by atoms with van der Waals surface area (Å²) >= 11 is 1.19. The molecule has 11 heteroatoms. The highest BCUT2D eigenvalue weighted by atomic mass is 32.2. The summed E-state index contributed by atoms with van der Waals surface area (Å²) in [6, 6.07) is 6.16. The van der Waals surface area contributed by atoms with Crippen molar-refractivity contribution in [3.8, 4) is 5.82 Å². The van der Waals surface area contributed by atoms with Crippen LogP contribution >= 0.6 is 11.3 Å². The number of nitrogens with zero attached hydrogens (tertiary/aromatic N) is 5. The van der Waals surface area contributed by atoms with E-state index < -0.39 is 10.0 Å². The van der Waals surface area contributed by atoms with Crippen LogP contribution in [0.1, 0.15) is 4.88 Å². The van der Waals surface area contributed by atoms with Crippen LogP contribution in [0.4, 0.5) is 0 Å². The zero-order valence-corrected chi connectivity index (χ0v) is 14.3. The van der Waals surface area contributed by atoms with Gasteiger partial charge < -0.3 is 0 Å². The van der Waals surface area contributed by atoms with E-state index >= 15 is 0 Å². The Balaban J connectivity index is 1.71. The Hall–Kier alpha value is -2.37. The standard InChI is InChI=1S/C13H14N6O3S2/c1-10-2-5-13(23-10)24(21,22)16-6-7-18-12(20)4-3-11(17-18)19-9-14-8-15-19/h2-5,8-9,16H,6-7H2,1H3. The maximum Gasteiger partial charge on any atom is 0.266 e. The fourth-order valence-electron chi connectivity index (χ4n) is 1.96. The summed E-state index contributed by atoms with van der Waals surface area (Å²) in [5, 5.41) is 8.08. The lowest BCUT2D eigenvalue weighted by atomic mass is 10.5. The molecule has 0 aliphatic rings. The first kappa shape index (κ1) is 16.5. The third kappa shape index (κ3) is 3.58. The normalized spacial score (nSPS) is 11.7. The predicted octanol–water partition coefficient (Wildman–Crippen LogP) is 0.172. The molecule has 3 heterocycles. The zero-order chi connectivity index (χ0) is 17.2. The van der Waals surface area contributed by atoms with E-state index in [1.807, 2.05) is 6.92 Å². The van der Waals surface area contributed by atoms with Crippen LogP contribution in [0.15, 0.2) is 45.9 Å². The average Bonchev–Trinajstić information content (AvgIpc) is 3.20. The Morgan fingerprint density at radius 3 is 2.75 bits per heavy atom. The molecule has 0 aliphatic carbocycles. The van der Waals surface area contributed by atoms with Crippen LogP contribution in [0.3, 0.4) is 0 Å². The van der Waals surface area contributed by atoms with E-state index in [9.17, 15) is 13.2 Å². The maximum atomic E-state index is 12.1. The Morgan fingerprint density at radius 2 is 2.08 bits per heavy atom. The van der Waals surface area contributed by atoms with E-state index in [4.69, 9.17) is 0 Å². The average molecular weight is 366 g/mol. The predicted molar refractivity (Wildman–Crippen MR) is 87.7 cm³/mol. The van der Waals surface area contributed by atoms with Crippen LogP contribution < -0.4 is 10.3 Å². The van der Waals surface area contributed by atoms with Crippen molar-refractivity contribution in [1.29, 1.82) is 0 Å². The van der Waals surface area contributed by atoms with Crippen molar-refractivity contribution >= 4 is 21.4 Å². The van der Waals surface area contributed by atoms with Crippen molar-refractivity contribution in [3.05, 3.63) is 52.2 Å². The van der Waals surface area contributed by atoms with Crippen LogP contribution in [0, 0.1) is 6.92 Å². The van der Waals surface area contributed by atoms with E-state index in [-0.39, 0.29) is 22.9 Å². The molecule has 0 amide bonds. The van der Waals surface area contributed by atoms with Crippen LogP contribution in [0.5, 0.6) is 0 Å². The van der Waals surface area contributed by atoms with Gasteiger partial charge in [0.2, 0.25) is 10.0 Å². The fourth-order valence-corrected chi connectivity index (χ4v) is 4.31. The fraction of sp³-hybridized carbons (Fsp3) is 0.231. The molecule has 3 aromatic heterocycles. The number of aryl methyl sites for hydroxylation is 1. The van der Waals surface area contributed by atoms with Gasteiger partial charge in [-0.2, -0.15) is 5.10 Å². The van der Waals surface area contributed by atoms with Crippen molar-refractivity contribution < 1.29 is 8.42 Å². The molecule has 0 atom stereocenters. The van der Waals surface area contributed by atoms with Gasteiger partial charge in [-0.1, -0.05) is 0 Å². The molecule has 0 fully saturated rings. The van der Waals surface area contributed by atoms with Crippen molar-refractivity contribution in [2.45, 2.75) is 17.7 Å². The number of thiophene rings is 1. The molecule has 0 saturated heterocycles. The molecule has 24 heavy (non-hydrogen) atoms. The third-order valence-electron chi connectivity index (χ3n) is 3.10. The van der Waals surface area contributed by atoms with Gasteiger partial charge in [-0.05, 0) is 25.1 Å². The monoisotopic (exact) mass is 366 g/mol. The Kier molecular flexibility index (Phi) is 4.55. The topological polar surface area (TPSA) is 112 Å². The van der Waals surface area contributed by atoms with E-state index in [1.54, 1.807) is 12.1 Å². The SMILES string of the molecule is Cc1ccc(S(=O)(=O)NCCn2nc(-n3cncn3)ccc2=O)s1. The second-order valence-electron chi connectivity index (χ2n) is 4.86. The summed E-state index contributed by atoms with van der Waals surface area (Å²) in [6.45, 7) is 1.99. The molecule has 0 aromatic carbocycles. The Morgan fingerprint density at radius 1 is 1.25 bits per heavy atom. The molecule has 3 aromatic rings. The minimum atomic E-state index is -3.58. The third-order valence-corrected chi connectivity index (χ3v) is 6.06. The second-order valence-corrected chi connectivity index (χ2v) is 8.14. The van der Waals surface area contributed by atoms with Crippen molar-refractivity contribution in [2.24, 2.45) is 0 Å². The summed E-state index contributed by atoms with van der Waals surface area (Å²) in [5.74, 6) is 0.420. The van der Waals surface area contributed by atoms with Gasteiger partial charge in [0.25, 0.3) is 5.56 Å². The lowest BCUT2D eigenvalue weighted by Crippen LogP contribution is -2.32. The Labute approximate surface area is 141 Å². The molecule has 0 radical (unpaired) electrons. The van der Waals surface area contributed by atoms with Crippen molar-refractivity contribution in [1.82, 2.24) is 29.3 Å². The lowest BCUT2D eigenvalue weighted by Gasteiger charge is -2.08. The van der Waals surface area contributed by atoms with Gasteiger partial charge in [0.15, 0.2) is 5.82 Å². The van der Waals surface area contributed by atoms with Gasteiger partial charge in [-0.25, -0.2) is 27.5 Å². The first-order valence-corrected chi connectivity index (χ1v) is 9.25. The smallest absolute Gasteiger partial charge is 0.266 e. The van der Waals surface area contributed by atoms with Crippen molar-refractivity contribution in [2.75, 3.05) is 6.54 Å². The molecule has 0 spiro atoms. The summed E-state index contributed by atoms with van der Waals surface area (Å²) < 4.78 is 29.6. The minimum Gasteiger partial charge on any atom is -0.268 e. The molecular weight excluding hydrogens is 352 g/mol. The van der Waals surface area contributed by atoms with E-state index in [2.05, 4.69) is 19.9 Å². The van der Waals surface area contributed by atoms with Gasteiger partial charge in [0, 0.05) is 17.5 Å². The largest absolute Gasteiger partial charge is 0.268 e. The van der Waals surface area contributed by atoms with E-state index in [0.29, 0.717) is 5.82 Å². The molecule has 0 bridgehead atoms. The first-order valence-electron chi connectivity index (χ1n) is 6.95. The highest BCUT2D eigenvalue weighted by molar-refractivity contribution is 7.91. The van der Waals surface area contributed by atoms with Gasteiger partial charge in [0.05, 0.1) is 6.54 Å². The molecule has 3 rings (SSSR count). The molecule has 0 saturated carbocycles. The lowest BCUT2D eigenvalue weighted by molar-refractivity contribution is 0.543. The highest BCUT2D eigenvalue weighted by Crippen LogP contribution is 2.19. The molecule has 9 nitrogen and oxygen atoms in total. The molecule has 0 aliphatic heterocycles. The van der Waals surface area contributed by atoms with E-state index in [1.165, 1.54) is 45.5 Å². The number of rotatable bonds is 6. The van der Waals surface area contributed by atoms with Gasteiger partial charge >= 0.3 is 0 Å². The highest BCUT2D eigenvalue weighted by Gasteiger charge is 2.15. The van der Waals surface area contributed by atoms with Gasteiger partial charge in [0.1, 0.15) is 16.9 Å². The Bertz CT molecular complexity index is 991. The summed E-state index contributed by atoms with van der Waals surface area (Å²) in [4.78, 5) is 16.6. The van der Waals surface area contributed by atoms with Crippen LogP contribution in [0.2, 0.25) is 0 Å². The summed E-state index contributed by atoms with van der Waals surface area (Å²) in [5.41, 5.74) is -0.329. The molecule has 126 valence electrons. The first-order chi connectivity index (χ1) is 11.5. The van der Waals surface area contributed by atoms with Crippen molar-refractivity contribution in [3.63, 3.8) is 0 Å². The van der Waals surface area contributed by atoms with Crippen LogP contribution in [-0.4, -0.2) is 39.5 Å². The minimum absolute atomic E-state index is 0.0486. The number of nitrogens with one attached hydrogen (secondary N) is 1. The maximum absolute atomic E-state index is 12.1. The summed E-state index contributed by atoms with van der Waals surface area (Å²) in [6.07, 6.45) is 2.81. The zero-order valence-electron chi connectivity index (χ0n) is 12.7. The van der Waals surface area contributed by atoms with Gasteiger partial charge in [-0.3, -0.25) is 4.79 Å². The number of hydrogen-bond donors (Lipinski definition) is 1. The van der Waals surface area contributed by atoms with Gasteiger partial charge in [-0.15, -0.1) is 16.4 Å². The summed E-state index contributed by atoms with van der Waals surface area (Å²) in [7, 11) is -3.58.